The quantitative estimate of drug-likeness (QED) is 0.421. The van der Waals surface area contributed by atoms with Crippen molar-refractivity contribution >= 4 is 0 Å². The fourth-order valence-electron chi connectivity index (χ4n) is 3.18. The van der Waals surface area contributed by atoms with Crippen molar-refractivity contribution in [1.29, 1.82) is 0 Å². The van der Waals surface area contributed by atoms with Gasteiger partial charge in [-0.15, -0.1) is 0 Å². The van der Waals surface area contributed by atoms with Crippen LogP contribution in [-0.2, 0) is 35.2 Å². The van der Waals surface area contributed by atoms with Crippen molar-refractivity contribution in [2.75, 3.05) is 0 Å². The van der Waals surface area contributed by atoms with E-state index in [2.05, 4.69) is 77.9 Å². The Morgan fingerprint density at radius 1 is 0.667 bits per heavy atom. The molecule has 0 unspecified atom stereocenters. The van der Waals surface area contributed by atoms with Crippen LogP contribution < -0.4 is 24.8 Å². The first-order valence-electron chi connectivity index (χ1n) is 8.09. The Bertz CT molecular complexity index is 673. The van der Waals surface area contributed by atoms with Crippen molar-refractivity contribution in [3.8, 4) is 11.1 Å². The number of benzene rings is 2. The van der Waals surface area contributed by atoms with Crippen LogP contribution in [0.25, 0.3) is 11.1 Å². The molecule has 0 amide bonds. The molecule has 0 nitrogen and oxygen atoms in total. The second-order valence-electron chi connectivity index (χ2n) is 8.54. The Morgan fingerprint density at radius 2 is 1.00 bits per heavy atom. The molecule has 0 bridgehead atoms. The van der Waals surface area contributed by atoms with Crippen molar-refractivity contribution in [2.24, 2.45) is 0 Å². The molecule has 0 saturated heterocycles. The molecule has 3 rings (SSSR count). The maximum absolute atomic E-state index is 2.44. The Morgan fingerprint density at radius 3 is 1.29 bits per heavy atom. The first-order chi connectivity index (χ1) is 10.1. The van der Waals surface area contributed by atoms with Gasteiger partial charge in [-0.05, 0) is 0 Å². The summed E-state index contributed by atoms with van der Waals surface area (Å²) in [5.41, 5.74) is 9.34. The van der Waals surface area contributed by atoms with Crippen LogP contribution >= 0.6 is 0 Å². The second-order valence-corrected chi connectivity index (χ2v) is 10.6. The first kappa shape index (κ1) is 21.9. The standard InChI is InChI=1S/C21H25.2ClH.Hf/c1-20(2,3)16-9-7-14-11-15-8-10-17(21(4,5)6)13-19(15)18(14)12-16;;;/h7-13H,1-6H3;2*1H;/q;;;+2/p-2. The van der Waals surface area contributed by atoms with Crippen LogP contribution in [0.15, 0.2) is 36.4 Å². The average molecular weight is 527 g/mol. The van der Waals surface area contributed by atoms with E-state index < -0.39 is 0 Å². The van der Waals surface area contributed by atoms with E-state index in [-0.39, 0.29) is 35.6 Å². The van der Waals surface area contributed by atoms with Gasteiger partial charge in [0, 0.05) is 0 Å². The van der Waals surface area contributed by atoms with Gasteiger partial charge in [-0.2, -0.15) is 0 Å². The third-order valence-electron chi connectivity index (χ3n) is 4.75. The van der Waals surface area contributed by atoms with Crippen LogP contribution in [0.5, 0.6) is 0 Å². The van der Waals surface area contributed by atoms with Crippen LogP contribution in [0.1, 0.15) is 67.5 Å². The Labute approximate surface area is 174 Å². The summed E-state index contributed by atoms with van der Waals surface area (Å²) in [5.74, 6) is 0. The zero-order chi connectivity index (χ0) is 16.3. The number of rotatable bonds is 0. The van der Waals surface area contributed by atoms with Crippen molar-refractivity contribution in [2.45, 2.75) is 56.0 Å². The number of hydrogen-bond donors (Lipinski definition) is 0. The molecule has 127 valence electrons. The predicted molar refractivity (Wildman–Crippen MR) is 91.1 cm³/mol. The monoisotopic (exact) mass is 527 g/mol. The largest absolute Gasteiger partial charge is 1.00 e. The summed E-state index contributed by atoms with van der Waals surface area (Å²) in [5, 5.41) is 0. The number of fused-ring (bicyclic) bond motifs is 3. The summed E-state index contributed by atoms with van der Waals surface area (Å²) >= 11 is 1.18. The van der Waals surface area contributed by atoms with Crippen LogP contribution in [0.4, 0.5) is 0 Å². The van der Waals surface area contributed by atoms with Gasteiger partial charge in [0.25, 0.3) is 0 Å². The smallest absolute Gasteiger partial charge is 1.00 e. The predicted octanol–water partition coefficient (Wildman–Crippen LogP) is -0.0938. The van der Waals surface area contributed by atoms with E-state index in [4.69, 9.17) is 0 Å². The summed E-state index contributed by atoms with van der Waals surface area (Å²) in [7, 11) is 0. The van der Waals surface area contributed by atoms with Crippen LogP contribution in [-0.4, -0.2) is 0 Å². The van der Waals surface area contributed by atoms with Gasteiger partial charge in [-0.3, -0.25) is 0 Å². The molecular weight excluding hydrogens is 502 g/mol. The van der Waals surface area contributed by atoms with Gasteiger partial charge in [0.2, 0.25) is 0 Å². The Kier molecular flexibility index (Phi) is 6.63. The maximum Gasteiger partial charge on any atom is -1.00 e. The summed E-state index contributed by atoms with van der Waals surface area (Å²) in [6, 6.07) is 14.3. The van der Waals surface area contributed by atoms with Crippen molar-refractivity contribution < 1.29 is 49.2 Å². The molecule has 0 heterocycles. The summed E-state index contributed by atoms with van der Waals surface area (Å²) in [6.07, 6.45) is 0. The fourth-order valence-corrected chi connectivity index (χ4v) is 4.99. The topological polar surface area (TPSA) is 0 Å². The third-order valence-corrected chi connectivity index (χ3v) is 6.99. The van der Waals surface area contributed by atoms with E-state index in [1.807, 2.05) is 0 Å². The summed E-state index contributed by atoms with van der Waals surface area (Å²) in [6.45, 7) is 13.8. The molecule has 2 aromatic carbocycles. The van der Waals surface area contributed by atoms with E-state index in [1.54, 1.807) is 11.1 Å². The van der Waals surface area contributed by atoms with E-state index in [0.29, 0.717) is 3.67 Å². The maximum atomic E-state index is 2.44. The van der Waals surface area contributed by atoms with E-state index in [0.717, 1.165) is 0 Å². The molecule has 0 spiro atoms. The van der Waals surface area contributed by atoms with E-state index >= 15 is 0 Å². The van der Waals surface area contributed by atoms with Gasteiger partial charge in [0.1, 0.15) is 0 Å². The second kappa shape index (κ2) is 7.25. The van der Waals surface area contributed by atoms with Crippen LogP contribution in [0.2, 0.25) is 0 Å². The number of halogens is 2. The average Bonchev–Trinajstić information content (AvgIpc) is 2.70. The first-order valence-corrected chi connectivity index (χ1v) is 10.2. The molecule has 1 aliphatic carbocycles. The molecule has 3 heteroatoms. The van der Waals surface area contributed by atoms with Gasteiger partial charge in [-0.25, -0.2) is 0 Å². The van der Waals surface area contributed by atoms with Gasteiger partial charge < -0.3 is 24.8 Å². The number of hydrogen-bond acceptors (Lipinski definition) is 0. The van der Waals surface area contributed by atoms with Gasteiger partial charge >= 0.3 is 150 Å². The zero-order valence-corrected chi connectivity index (χ0v) is 20.4. The molecule has 0 radical (unpaired) electrons. The molecule has 0 atom stereocenters. The zero-order valence-electron chi connectivity index (χ0n) is 15.3. The van der Waals surface area contributed by atoms with Crippen LogP contribution in [0, 0.1) is 0 Å². The SMILES string of the molecule is CC(C)(C)c1ccc2c(c1)-c1cc(C(C)(C)C)ccc1[CH]2[Hf+2].[Cl-].[Cl-]. The molecule has 1 aliphatic rings. The van der Waals surface area contributed by atoms with Crippen molar-refractivity contribution in [3.63, 3.8) is 0 Å². The molecule has 2 aromatic rings. The molecule has 24 heavy (non-hydrogen) atoms. The molecular formula is C21H25Cl2Hf. The summed E-state index contributed by atoms with van der Waals surface area (Å²) < 4.78 is 0.646. The molecule has 0 aromatic heterocycles. The van der Waals surface area contributed by atoms with Gasteiger partial charge in [0.15, 0.2) is 0 Å². The molecule has 0 N–H and O–H groups in total. The third kappa shape index (κ3) is 3.84. The molecule has 0 fully saturated rings. The Hall–Kier alpha value is -0.110. The molecule has 0 saturated carbocycles. The normalized spacial score (nSPS) is 13.7. The van der Waals surface area contributed by atoms with E-state index in [1.165, 1.54) is 46.6 Å². The minimum atomic E-state index is 0. The van der Waals surface area contributed by atoms with Crippen molar-refractivity contribution in [3.05, 3.63) is 58.7 Å². The van der Waals surface area contributed by atoms with Crippen molar-refractivity contribution in [1.82, 2.24) is 0 Å². The van der Waals surface area contributed by atoms with Gasteiger partial charge in [-0.1, -0.05) is 0 Å². The summed E-state index contributed by atoms with van der Waals surface area (Å²) in [4.78, 5) is 0. The minimum Gasteiger partial charge on any atom is -1.00 e. The van der Waals surface area contributed by atoms with Gasteiger partial charge in [0.05, 0.1) is 0 Å². The Balaban J connectivity index is 0.00000144. The van der Waals surface area contributed by atoms with E-state index in [9.17, 15) is 0 Å². The fraction of sp³-hybridized carbons (Fsp3) is 0.429. The molecule has 0 aliphatic heterocycles. The van der Waals surface area contributed by atoms with Crippen LogP contribution in [0.3, 0.4) is 0 Å². The minimum absolute atomic E-state index is 0.